The van der Waals surface area contributed by atoms with Gasteiger partial charge < -0.3 is 9.52 Å². The van der Waals surface area contributed by atoms with E-state index in [-0.39, 0.29) is 5.56 Å². The highest BCUT2D eigenvalue weighted by molar-refractivity contribution is 6.31. The van der Waals surface area contributed by atoms with Crippen molar-refractivity contribution in [2.45, 2.75) is 0 Å². The van der Waals surface area contributed by atoms with Crippen molar-refractivity contribution in [3.05, 3.63) is 65.2 Å². The van der Waals surface area contributed by atoms with E-state index in [1.54, 1.807) is 24.3 Å². The van der Waals surface area contributed by atoms with Gasteiger partial charge in [0, 0.05) is 15.8 Å². The molecule has 0 fully saturated rings. The first kappa shape index (κ1) is 13.8. The molecule has 0 aliphatic heterocycles. The van der Waals surface area contributed by atoms with Gasteiger partial charge in [-0.25, -0.2) is 9.78 Å². The minimum absolute atomic E-state index is 0.225. The first-order valence-electron chi connectivity index (χ1n) is 6.94. The summed E-state index contributed by atoms with van der Waals surface area (Å²) in [6, 6.07) is 15.9. The molecule has 2 aromatic carbocycles. The number of fused-ring (bicyclic) bond motifs is 2. The third-order valence-electron chi connectivity index (χ3n) is 3.67. The van der Waals surface area contributed by atoms with Crippen LogP contribution in [-0.2, 0) is 0 Å². The zero-order valence-corrected chi connectivity index (χ0v) is 12.5. The highest BCUT2D eigenvalue weighted by atomic mass is 35.5. The monoisotopic (exact) mass is 323 g/mol. The lowest BCUT2D eigenvalue weighted by Gasteiger charge is -2.00. The van der Waals surface area contributed by atoms with Crippen LogP contribution in [0, 0.1) is 0 Å². The molecule has 112 valence electrons. The van der Waals surface area contributed by atoms with E-state index in [2.05, 4.69) is 4.98 Å². The SMILES string of the molecule is O=C(O)c1ccc2oc(-c3ccc4ccc(Cl)cc4n3)cc2c1. The molecule has 0 unspecified atom stereocenters. The van der Waals surface area contributed by atoms with Gasteiger partial charge in [-0.3, -0.25) is 0 Å². The molecule has 0 saturated heterocycles. The van der Waals surface area contributed by atoms with Crippen molar-refractivity contribution in [1.82, 2.24) is 4.98 Å². The Labute approximate surface area is 135 Å². The molecular weight excluding hydrogens is 314 g/mol. The lowest BCUT2D eigenvalue weighted by Crippen LogP contribution is -1.94. The number of aromatic carboxylic acids is 1. The lowest BCUT2D eigenvalue weighted by molar-refractivity contribution is 0.0697. The Bertz CT molecular complexity index is 1070. The fourth-order valence-corrected chi connectivity index (χ4v) is 2.70. The van der Waals surface area contributed by atoms with Crippen molar-refractivity contribution in [3.63, 3.8) is 0 Å². The molecule has 0 spiro atoms. The summed E-state index contributed by atoms with van der Waals surface area (Å²) in [4.78, 5) is 15.6. The average molecular weight is 324 g/mol. The number of rotatable bonds is 2. The molecule has 0 atom stereocenters. The van der Waals surface area contributed by atoms with Gasteiger partial charge in [0.05, 0.1) is 11.1 Å². The number of halogens is 1. The maximum absolute atomic E-state index is 11.0. The van der Waals surface area contributed by atoms with Crippen LogP contribution < -0.4 is 0 Å². The van der Waals surface area contributed by atoms with Crippen molar-refractivity contribution in [2.24, 2.45) is 0 Å². The van der Waals surface area contributed by atoms with Gasteiger partial charge in [0.2, 0.25) is 0 Å². The van der Waals surface area contributed by atoms with Crippen LogP contribution in [-0.4, -0.2) is 16.1 Å². The minimum Gasteiger partial charge on any atom is -0.478 e. The number of furan rings is 1. The number of carbonyl (C=O) groups is 1. The van der Waals surface area contributed by atoms with E-state index in [0.717, 1.165) is 16.3 Å². The summed E-state index contributed by atoms with van der Waals surface area (Å²) < 4.78 is 5.78. The summed E-state index contributed by atoms with van der Waals surface area (Å²) in [6.07, 6.45) is 0. The maximum Gasteiger partial charge on any atom is 0.335 e. The fraction of sp³-hybridized carbons (Fsp3) is 0. The predicted octanol–water partition coefficient (Wildman–Crippen LogP) is 5.00. The zero-order chi connectivity index (χ0) is 16.0. The molecule has 0 aliphatic carbocycles. The van der Waals surface area contributed by atoms with Crippen LogP contribution in [0.2, 0.25) is 5.02 Å². The van der Waals surface area contributed by atoms with Crippen LogP contribution in [0.4, 0.5) is 0 Å². The molecule has 0 bridgehead atoms. The summed E-state index contributed by atoms with van der Waals surface area (Å²) in [5.41, 5.74) is 2.30. The molecule has 4 nitrogen and oxygen atoms in total. The molecular formula is C18H10ClNO3. The summed E-state index contributed by atoms with van der Waals surface area (Å²) in [5, 5.41) is 11.4. The molecule has 23 heavy (non-hydrogen) atoms. The standard InChI is InChI=1S/C18H10ClNO3/c19-13-4-1-10-2-5-14(20-15(10)9-13)17-8-12-7-11(18(21)22)3-6-16(12)23-17/h1-9H,(H,21,22). The average Bonchev–Trinajstić information content (AvgIpc) is 2.97. The van der Waals surface area contributed by atoms with Gasteiger partial charge in [-0.15, -0.1) is 0 Å². The fourth-order valence-electron chi connectivity index (χ4n) is 2.53. The van der Waals surface area contributed by atoms with Gasteiger partial charge >= 0.3 is 5.97 Å². The largest absolute Gasteiger partial charge is 0.478 e. The number of hydrogen-bond acceptors (Lipinski definition) is 3. The van der Waals surface area contributed by atoms with E-state index >= 15 is 0 Å². The van der Waals surface area contributed by atoms with Crippen molar-refractivity contribution in [1.29, 1.82) is 0 Å². The lowest BCUT2D eigenvalue weighted by atomic mass is 10.1. The molecule has 0 radical (unpaired) electrons. The Morgan fingerprint density at radius 1 is 1.00 bits per heavy atom. The van der Waals surface area contributed by atoms with Gasteiger partial charge in [0.1, 0.15) is 11.3 Å². The van der Waals surface area contributed by atoms with Crippen molar-refractivity contribution in [3.8, 4) is 11.5 Å². The van der Waals surface area contributed by atoms with Crippen LogP contribution in [0.15, 0.2) is 59.0 Å². The second-order valence-corrected chi connectivity index (χ2v) is 5.64. The second-order valence-electron chi connectivity index (χ2n) is 5.20. The Morgan fingerprint density at radius 2 is 1.83 bits per heavy atom. The molecule has 5 heteroatoms. The van der Waals surface area contributed by atoms with Gasteiger partial charge in [0.25, 0.3) is 0 Å². The molecule has 4 rings (SSSR count). The van der Waals surface area contributed by atoms with E-state index in [1.165, 1.54) is 6.07 Å². The quantitative estimate of drug-likeness (QED) is 0.564. The van der Waals surface area contributed by atoms with Crippen molar-refractivity contribution in [2.75, 3.05) is 0 Å². The molecule has 2 aromatic heterocycles. The number of benzene rings is 2. The number of pyridine rings is 1. The Hall–Kier alpha value is -2.85. The van der Waals surface area contributed by atoms with Gasteiger partial charge in [-0.1, -0.05) is 23.7 Å². The minimum atomic E-state index is -0.965. The van der Waals surface area contributed by atoms with Crippen molar-refractivity contribution >= 4 is 39.4 Å². The topological polar surface area (TPSA) is 63.3 Å². The van der Waals surface area contributed by atoms with Gasteiger partial charge in [-0.2, -0.15) is 0 Å². The number of hydrogen-bond donors (Lipinski definition) is 1. The van der Waals surface area contributed by atoms with Gasteiger partial charge in [0.15, 0.2) is 5.76 Å². The third-order valence-corrected chi connectivity index (χ3v) is 3.90. The number of carboxylic acids is 1. The normalized spacial score (nSPS) is 11.2. The van der Waals surface area contributed by atoms with Gasteiger partial charge in [-0.05, 0) is 42.5 Å². The molecule has 0 amide bonds. The van der Waals surface area contributed by atoms with E-state index < -0.39 is 5.97 Å². The first-order valence-corrected chi connectivity index (χ1v) is 7.31. The molecule has 4 aromatic rings. The van der Waals surface area contributed by atoms with Crippen LogP contribution >= 0.6 is 11.6 Å². The van der Waals surface area contributed by atoms with Crippen LogP contribution in [0.5, 0.6) is 0 Å². The predicted molar refractivity (Wildman–Crippen MR) is 88.9 cm³/mol. The number of carboxylic acid groups (broad SMARTS) is 1. The third kappa shape index (κ3) is 2.43. The first-order chi connectivity index (χ1) is 11.1. The van der Waals surface area contributed by atoms with Crippen LogP contribution in [0.25, 0.3) is 33.3 Å². The Morgan fingerprint density at radius 3 is 2.65 bits per heavy atom. The summed E-state index contributed by atoms with van der Waals surface area (Å²) in [7, 11) is 0. The highest BCUT2D eigenvalue weighted by Gasteiger charge is 2.11. The summed E-state index contributed by atoms with van der Waals surface area (Å²) >= 11 is 6.01. The smallest absolute Gasteiger partial charge is 0.335 e. The van der Waals surface area contributed by atoms with Crippen LogP contribution in [0.1, 0.15) is 10.4 Å². The summed E-state index contributed by atoms with van der Waals surface area (Å²) in [5.74, 6) is -0.377. The second kappa shape index (κ2) is 5.11. The van der Waals surface area contributed by atoms with Crippen molar-refractivity contribution < 1.29 is 14.3 Å². The highest BCUT2D eigenvalue weighted by Crippen LogP contribution is 2.29. The van der Waals surface area contributed by atoms with E-state index in [9.17, 15) is 4.79 Å². The van der Waals surface area contributed by atoms with E-state index in [1.807, 2.05) is 24.3 Å². The van der Waals surface area contributed by atoms with E-state index in [4.69, 9.17) is 21.1 Å². The van der Waals surface area contributed by atoms with Crippen LogP contribution in [0.3, 0.4) is 0 Å². The molecule has 0 saturated carbocycles. The molecule has 1 N–H and O–H groups in total. The number of aromatic nitrogens is 1. The summed E-state index contributed by atoms with van der Waals surface area (Å²) in [6.45, 7) is 0. The zero-order valence-electron chi connectivity index (χ0n) is 11.8. The molecule has 0 aliphatic rings. The maximum atomic E-state index is 11.0. The van der Waals surface area contributed by atoms with E-state index in [0.29, 0.717) is 22.1 Å². The Kier molecular flexibility index (Phi) is 3.06. The molecule has 2 heterocycles. The number of nitrogens with zero attached hydrogens (tertiary/aromatic N) is 1. The Balaban J connectivity index is 1.86.